The summed E-state index contributed by atoms with van der Waals surface area (Å²) in [5.74, 6) is 0. The molecule has 0 aromatic heterocycles. The molecule has 0 saturated carbocycles. The maximum atomic E-state index is 3.74. The molecule has 1 aromatic carbocycles. The lowest BCUT2D eigenvalue weighted by Gasteiger charge is -2.22. The van der Waals surface area contributed by atoms with Gasteiger partial charge in [0.1, 0.15) is 0 Å². The van der Waals surface area contributed by atoms with Gasteiger partial charge in [-0.25, -0.2) is 0 Å². The second kappa shape index (κ2) is 5.65. The summed E-state index contributed by atoms with van der Waals surface area (Å²) in [7, 11) is 0. The zero-order valence-electron chi connectivity index (χ0n) is 11.2. The van der Waals surface area contributed by atoms with Crippen LogP contribution < -0.4 is 5.32 Å². The highest BCUT2D eigenvalue weighted by Crippen LogP contribution is 2.17. The summed E-state index contributed by atoms with van der Waals surface area (Å²) in [6.07, 6.45) is 1.27. The maximum Gasteiger partial charge on any atom is 0.0294 e. The number of nitrogens with zero attached hydrogens (tertiary/aromatic N) is 1. The molecule has 1 heterocycles. The third-order valence-corrected chi connectivity index (χ3v) is 3.74. The normalized spacial score (nSPS) is 23.2. The van der Waals surface area contributed by atoms with Crippen molar-refractivity contribution >= 4 is 0 Å². The van der Waals surface area contributed by atoms with E-state index in [9.17, 15) is 0 Å². The Bertz CT molecular complexity index is 334. The maximum absolute atomic E-state index is 3.74. The molecule has 17 heavy (non-hydrogen) atoms. The fraction of sp³-hybridized carbons (Fsp3) is 0.600. The van der Waals surface area contributed by atoms with E-state index in [0.29, 0.717) is 18.1 Å². The molecular weight excluding hydrogens is 208 g/mol. The highest BCUT2D eigenvalue weighted by Gasteiger charge is 2.25. The van der Waals surface area contributed by atoms with Crippen LogP contribution in [0.4, 0.5) is 0 Å². The summed E-state index contributed by atoms with van der Waals surface area (Å²) in [6, 6.07) is 12.5. The van der Waals surface area contributed by atoms with Crippen LogP contribution in [-0.2, 0) is 0 Å². The minimum absolute atomic E-state index is 0.452. The number of likely N-dealkylation sites (tertiary alicyclic amines) is 1. The van der Waals surface area contributed by atoms with Gasteiger partial charge in [0.15, 0.2) is 0 Å². The van der Waals surface area contributed by atoms with Crippen molar-refractivity contribution in [1.82, 2.24) is 10.2 Å². The lowest BCUT2D eigenvalue weighted by Crippen LogP contribution is -2.36. The van der Waals surface area contributed by atoms with Crippen molar-refractivity contribution in [3.05, 3.63) is 35.9 Å². The zero-order valence-corrected chi connectivity index (χ0v) is 11.2. The first-order valence-electron chi connectivity index (χ1n) is 6.72. The molecule has 1 aliphatic heterocycles. The van der Waals surface area contributed by atoms with Crippen molar-refractivity contribution < 1.29 is 0 Å². The number of benzene rings is 1. The summed E-state index contributed by atoms with van der Waals surface area (Å²) < 4.78 is 0. The molecule has 1 aliphatic rings. The van der Waals surface area contributed by atoms with Gasteiger partial charge in [0, 0.05) is 24.7 Å². The molecule has 2 rings (SSSR count). The van der Waals surface area contributed by atoms with Crippen LogP contribution in [0.15, 0.2) is 30.3 Å². The molecule has 1 N–H and O–H groups in total. The van der Waals surface area contributed by atoms with Crippen molar-refractivity contribution in [1.29, 1.82) is 0 Å². The summed E-state index contributed by atoms with van der Waals surface area (Å²) in [4.78, 5) is 2.55. The molecule has 0 aliphatic carbocycles. The predicted molar refractivity (Wildman–Crippen MR) is 73.1 cm³/mol. The average Bonchev–Trinajstić information content (AvgIpc) is 2.79. The first-order chi connectivity index (χ1) is 8.16. The molecule has 2 atom stereocenters. The fourth-order valence-electron chi connectivity index (χ4n) is 2.58. The zero-order chi connectivity index (χ0) is 12.3. The molecule has 94 valence electrons. The Kier molecular flexibility index (Phi) is 4.19. The van der Waals surface area contributed by atoms with Crippen molar-refractivity contribution in [2.45, 2.75) is 45.3 Å². The average molecular weight is 232 g/mol. The van der Waals surface area contributed by atoms with Crippen LogP contribution in [0.5, 0.6) is 0 Å². The van der Waals surface area contributed by atoms with Crippen LogP contribution in [0, 0.1) is 0 Å². The standard InChI is InChI=1S/C15H24N2/c1-12(2)17-10-9-15(11-17)16-13(3)14-7-5-4-6-8-14/h4-8,12-13,15-16H,9-11H2,1-3H3/t13-,15?/m0/s1. The van der Waals surface area contributed by atoms with E-state index in [1.807, 2.05) is 0 Å². The molecule has 2 nitrogen and oxygen atoms in total. The molecule has 1 unspecified atom stereocenters. The van der Waals surface area contributed by atoms with Gasteiger partial charge in [0.05, 0.1) is 0 Å². The van der Waals surface area contributed by atoms with Gasteiger partial charge in [0.25, 0.3) is 0 Å². The third-order valence-electron chi connectivity index (χ3n) is 3.74. The Balaban J connectivity index is 1.86. The molecule has 0 radical (unpaired) electrons. The highest BCUT2D eigenvalue weighted by molar-refractivity contribution is 5.18. The van der Waals surface area contributed by atoms with Crippen LogP contribution >= 0.6 is 0 Å². The second-order valence-corrected chi connectivity index (χ2v) is 5.37. The summed E-state index contributed by atoms with van der Waals surface area (Å²) in [6.45, 7) is 9.24. The quantitative estimate of drug-likeness (QED) is 0.858. The van der Waals surface area contributed by atoms with Crippen molar-refractivity contribution in [3.8, 4) is 0 Å². The number of hydrogen-bond acceptors (Lipinski definition) is 2. The summed E-state index contributed by atoms with van der Waals surface area (Å²) in [5.41, 5.74) is 1.38. The van der Waals surface area contributed by atoms with E-state index in [-0.39, 0.29) is 0 Å². The van der Waals surface area contributed by atoms with E-state index >= 15 is 0 Å². The van der Waals surface area contributed by atoms with Gasteiger partial charge in [-0.3, -0.25) is 4.90 Å². The van der Waals surface area contributed by atoms with Gasteiger partial charge < -0.3 is 5.32 Å². The van der Waals surface area contributed by atoms with Crippen LogP contribution in [0.2, 0.25) is 0 Å². The van der Waals surface area contributed by atoms with E-state index in [1.54, 1.807) is 0 Å². The predicted octanol–water partition coefficient (Wildman–Crippen LogP) is 2.82. The SMILES string of the molecule is CC(C)N1CCC(N[C@@H](C)c2ccccc2)C1. The molecule has 1 saturated heterocycles. The highest BCUT2D eigenvalue weighted by atomic mass is 15.2. The van der Waals surface area contributed by atoms with Crippen LogP contribution in [-0.4, -0.2) is 30.1 Å². The molecule has 0 amide bonds. The lowest BCUT2D eigenvalue weighted by molar-refractivity contribution is 0.266. The van der Waals surface area contributed by atoms with E-state index < -0.39 is 0 Å². The van der Waals surface area contributed by atoms with Gasteiger partial charge in [-0.15, -0.1) is 0 Å². The molecule has 0 spiro atoms. The molecule has 2 heteroatoms. The summed E-state index contributed by atoms with van der Waals surface area (Å²) in [5, 5.41) is 3.74. The van der Waals surface area contributed by atoms with E-state index in [1.165, 1.54) is 25.1 Å². The van der Waals surface area contributed by atoms with Crippen molar-refractivity contribution in [2.75, 3.05) is 13.1 Å². The van der Waals surface area contributed by atoms with Gasteiger partial charge in [-0.1, -0.05) is 30.3 Å². The Morgan fingerprint density at radius 1 is 1.18 bits per heavy atom. The minimum Gasteiger partial charge on any atom is -0.306 e. The Morgan fingerprint density at radius 3 is 2.47 bits per heavy atom. The monoisotopic (exact) mass is 232 g/mol. The van der Waals surface area contributed by atoms with Gasteiger partial charge >= 0.3 is 0 Å². The van der Waals surface area contributed by atoms with E-state index in [0.717, 1.165) is 0 Å². The van der Waals surface area contributed by atoms with Gasteiger partial charge in [0.2, 0.25) is 0 Å². The molecular formula is C15H24N2. The first kappa shape index (κ1) is 12.6. The fourth-order valence-corrected chi connectivity index (χ4v) is 2.58. The lowest BCUT2D eigenvalue weighted by atomic mass is 10.1. The number of nitrogens with one attached hydrogen (secondary N) is 1. The molecule has 1 fully saturated rings. The Hall–Kier alpha value is -0.860. The minimum atomic E-state index is 0.452. The largest absolute Gasteiger partial charge is 0.306 e. The summed E-state index contributed by atoms with van der Waals surface area (Å²) >= 11 is 0. The first-order valence-corrected chi connectivity index (χ1v) is 6.72. The molecule has 0 bridgehead atoms. The Morgan fingerprint density at radius 2 is 1.88 bits per heavy atom. The van der Waals surface area contributed by atoms with E-state index in [2.05, 4.69) is 61.3 Å². The van der Waals surface area contributed by atoms with Gasteiger partial charge in [-0.05, 0) is 39.3 Å². The number of rotatable bonds is 4. The Labute approximate surface area is 105 Å². The topological polar surface area (TPSA) is 15.3 Å². The van der Waals surface area contributed by atoms with Crippen LogP contribution in [0.25, 0.3) is 0 Å². The van der Waals surface area contributed by atoms with Gasteiger partial charge in [-0.2, -0.15) is 0 Å². The smallest absolute Gasteiger partial charge is 0.0294 e. The van der Waals surface area contributed by atoms with E-state index in [4.69, 9.17) is 0 Å². The molecule has 1 aromatic rings. The second-order valence-electron chi connectivity index (χ2n) is 5.37. The van der Waals surface area contributed by atoms with Crippen molar-refractivity contribution in [3.63, 3.8) is 0 Å². The number of hydrogen-bond donors (Lipinski definition) is 1. The van der Waals surface area contributed by atoms with Crippen molar-refractivity contribution in [2.24, 2.45) is 0 Å². The van der Waals surface area contributed by atoms with Crippen LogP contribution in [0.3, 0.4) is 0 Å². The van der Waals surface area contributed by atoms with Crippen LogP contribution in [0.1, 0.15) is 38.8 Å². The third kappa shape index (κ3) is 3.30.